The molecule has 0 nitrogen and oxygen atoms in total. The van der Waals surface area contributed by atoms with E-state index >= 15 is 0 Å². The van der Waals surface area contributed by atoms with Crippen LogP contribution in [0.3, 0.4) is 0 Å². The van der Waals surface area contributed by atoms with Crippen LogP contribution < -0.4 is 0 Å². The van der Waals surface area contributed by atoms with E-state index < -0.39 is 0 Å². The quantitative estimate of drug-likeness (QED) is 0.621. The van der Waals surface area contributed by atoms with Crippen LogP contribution >= 0.6 is 0 Å². The van der Waals surface area contributed by atoms with E-state index in [1.807, 2.05) is 0 Å². The molecule has 0 amide bonds. The summed E-state index contributed by atoms with van der Waals surface area (Å²) in [5.74, 6) is 0.832. The van der Waals surface area contributed by atoms with Crippen molar-refractivity contribution >= 4 is 0 Å². The van der Waals surface area contributed by atoms with E-state index in [-0.39, 0.29) is 0 Å². The van der Waals surface area contributed by atoms with Crippen LogP contribution in [0.1, 0.15) is 45.1 Å². The monoisotopic (exact) mass is 188 g/mol. The highest BCUT2D eigenvalue weighted by atomic mass is 14.4. The van der Waals surface area contributed by atoms with Crippen molar-refractivity contribution in [2.24, 2.45) is 5.92 Å². The summed E-state index contributed by atoms with van der Waals surface area (Å²) in [4.78, 5) is 0. The third-order valence-electron chi connectivity index (χ3n) is 4.10. The number of rotatable bonds is 1. The molecule has 76 valence electrons. The highest BCUT2D eigenvalue weighted by Crippen LogP contribution is 2.42. The van der Waals surface area contributed by atoms with Gasteiger partial charge < -0.3 is 0 Å². The molecule has 0 N–H and O–H groups in total. The van der Waals surface area contributed by atoms with Crippen molar-refractivity contribution in [3.8, 4) is 0 Å². The van der Waals surface area contributed by atoms with Gasteiger partial charge in [0, 0.05) is 0 Å². The maximum absolute atomic E-state index is 2.44. The minimum atomic E-state index is 0.430. The highest BCUT2D eigenvalue weighted by molar-refractivity contribution is 5.25. The molecule has 1 aromatic carbocycles. The molecule has 0 bridgehead atoms. The zero-order valence-electron chi connectivity index (χ0n) is 9.29. The Labute approximate surface area is 87.3 Å². The van der Waals surface area contributed by atoms with E-state index in [0.29, 0.717) is 5.41 Å². The second-order valence-electron chi connectivity index (χ2n) is 4.93. The summed E-state index contributed by atoms with van der Waals surface area (Å²) in [5, 5.41) is 0. The lowest BCUT2D eigenvalue weighted by atomic mass is 9.64. The van der Waals surface area contributed by atoms with Gasteiger partial charge >= 0.3 is 0 Å². The topological polar surface area (TPSA) is 0 Å². The molecule has 0 radical (unpaired) electrons. The average molecular weight is 188 g/mol. The van der Waals surface area contributed by atoms with Gasteiger partial charge in [0.2, 0.25) is 0 Å². The largest absolute Gasteiger partial charge is 0.0622 e. The third kappa shape index (κ3) is 1.58. The molecule has 0 unspecified atom stereocenters. The standard InChI is InChI=1S/C14H20/c1-12-8-6-7-11-14(12,2)13-9-4-3-5-10-13/h3-5,9-10,12H,6-8,11H2,1-2H3/t12-,14-/m0/s1. The summed E-state index contributed by atoms with van der Waals surface area (Å²) >= 11 is 0. The summed E-state index contributed by atoms with van der Waals surface area (Å²) in [6.07, 6.45) is 5.57. The minimum absolute atomic E-state index is 0.430. The Morgan fingerprint density at radius 1 is 1.14 bits per heavy atom. The van der Waals surface area contributed by atoms with Gasteiger partial charge in [0.1, 0.15) is 0 Å². The lowest BCUT2D eigenvalue weighted by Gasteiger charge is -2.40. The summed E-state index contributed by atoms with van der Waals surface area (Å²) in [7, 11) is 0. The molecule has 2 atom stereocenters. The van der Waals surface area contributed by atoms with Gasteiger partial charge in [-0.25, -0.2) is 0 Å². The van der Waals surface area contributed by atoms with E-state index in [9.17, 15) is 0 Å². The fraction of sp³-hybridized carbons (Fsp3) is 0.571. The van der Waals surface area contributed by atoms with E-state index in [1.54, 1.807) is 0 Å². The van der Waals surface area contributed by atoms with E-state index in [4.69, 9.17) is 0 Å². The maximum atomic E-state index is 2.44. The van der Waals surface area contributed by atoms with Gasteiger partial charge in [0.15, 0.2) is 0 Å². The Balaban J connectivity index is 2.30. The van der Waals surface area contributed by atoms with Gasteiger partial charge in [-0.3, -0.25) is 0 Å². The Bertz CT molecular complexity index is 288. The summed E-state index contributed by atoms with van der Waals surface area (Å²) in [6.45, 7) is 4.85. The van der Waals surface area contributed by atoms with Gasteiger partial charge in [-0.05, 0) is 29.7 Å². The molecule has 1 aromatic rings. The minimum Gasteiger partial charge on any atom is -0.0622 e. The zero-order valence-corrected chi connectivity index (χ0v) is 9.29. The lowest BCUT2D eigenvalue weighted by Crippen LogP contribution is -2.33. The predicted octanol–water partition coefficient (Wildman–Crippen LogP) is 4.15. The molecule has 1 aliphatic rings. The molecule has 1 aliphatic carbocycles. The van der Waals surface area contributed by atoms with Crippen molar-refractivity contribution in [3.63, 3.8) is 0 Å². The van der Waals surface area contributed by atoms with Gasteiger partial charge in [0.25, 0.3) is 0 Å². The van der Waals surface area contributed by atoms with Crippen molar-refractivity contribution in [3.05, 3.63) is 35.9 Å². The average Bonchev–Trinajstić information content (AvgIpc) is 2.24. The fourth-order valence-corrected chi connectivity index (χ4v) is 2.76. The highest BCUT2D eigenvalue weighted by Gasteiger charge is 2.34. The molecule has 2 rings (SSSR count). The van der Waals surface area contributed by atoms with Crippen molar-refractivity contribution in [2.75, 3.05) is 0 Å². The molecule has 0 aromatic heterocycles. The second kappa shape index (κ2) is 3.76. The van der Waals surface area contributed by atoms with E-state index in [2.05, 4.69) is 44.2 Å². The van der Waals surface area contributed by atoms with Gasteiger partial charge in [-0.2, -0.15) is 0 Å². The number of hydrogen-bond donors (Lipinski definition) is 0. The fourth-order valence-electron chi connectivity index (χ4n) is 2.76. The van der Waals surface area contributed by atoms with Crippen molar-refractivity contribution in [1.29, 1.82) is 0 Å². The van der Waals surface area contributed by atoms with Crippen molar-refractivity contribution in [1.82, 2.24) is 0 Å². The van der Waals surface area contributed by atoms with Gasteiger partial charge in [-0.1, -0.05) is 57.0 Å². The molecule has 0 saturated heterocycles. The van der Waals surface area contributed by atoms with E-state index in [1.165, 1.54) is 31.2 Å². The lowest BCUT2D eigenvalue weighted by molar-refractivity contribution is 0.221. The smallest absolute Gasteiger partial charge is 0.00497 e. The van der Waals surface area contributed by atoms with Crippen molar-refractivity contribution < 1.29 is 0 Å². The second-order valence-corrected chi connectivity index (χ2v) is 4.93. The summed E-state index contributed by atoms with van der Waals surface area (Å²) in [6, 6.07) is 11.0. The SMILES string of the molecule is C[C@H]1CCCC[C@]1(C)c1ccccc1. The molecule has 0 spiro atoms. The molecule has 0 heterocycles. The molecular weight excluding hydrogens is 168 g/mol. The molecular formula is C14H20. The van der Waals surface area contributed by atoms with Crippen molar-refractivity contribution in [2.45, 2.75) is 44.9 Å². The normalized spacial score (nSPS) is 32.9. The molecule has 0 heteroatoms. The summed E-state index contributed by atoms with van der Waals surface area (Å²) in [5.41, 5.74) is 1.96. The van der Waals surface area contributed by atoms with Gasteiger partial charge in [0.05, 0.1) is 0 Å². The first-order chi connectivity index (χ1) is 6.73. The van der Waals surface area contributed by atoms with Crippen LogP contribution in [0.2, 0.25) is 0 Å². The van der Waals surface area contributed by atoms with Crippen LogP contribution in [0.25, 0.3) is 0 Å². The summed E-state index contributed by atoms with van der Waals surface area (Å²) < 4.78 is 0. The first-order valence-electron chi connectivity index (χ1n) is 5.79. The van der Waals surface area contributed by atoms with Crippen LogP contribution in [-0.4, -0.2) is 0 Å². The van der Waals surface area contributed by atoms with Crippen LogP contribution in [0.4, 0.5) is 0 Å². The maximum Gasteiger partial charge on any atom is -0.00497 e. The molecule has 0 aliphatic heterocycles. The Morgan fingerprint density at radius 2 is 1.86 bits per heavy atom. The zero-order chi connectivity index (χ0) is 10.0. The van der Waals surface area contributed by atoms with Gasteiger partial charge in [-0.15, -0.1) is 0 Å². The van der Waals surface area contributed by atoms with Crippen LogP contribution in [0, 0.1) is 5.92 Å². The first kappa shape index (κ1) is 9.76. The molecule has 1 fully saturated rings. The molecule has 1 saturated carbocycles. The Kier molecular flexibility index (Phi) is 2.62. The third-order valence-corrected chi connectivity index (χ3v) is 4.10. The predicted molar refractivity (Wildman–Crippen MR) is 61.4 cm³/mol. The molecule has 14 heavy (non-hydrogen) atoms. The van der Waals surface area contributed by atoms with Crippen LogP contribution in [0.5, 0.6) is 0 Å². The Morgan fingerprint density at radius 3 is 2.50 bits per heavy atom. The van der Waals surface area contributed by atoms with Crippen LogP contribution in [-0.2, 0) is 5.41 Å². The Hall–Kier alpha value is -0.780. The van der Waals surface area contributed by atoms with E-state index in [0.717, 1.165) is 5.92 Å². The first-order valence-corrected chi connectivity index (χ1v) is 5.79. The number of hydrogen-bond acceptors (Lipinski definition) is 0. The van der Waals surface area contributed by atoms with Crippen LogP contribution in [0.15, 0.2) is 30.3 Å². The number of benzene rings is 1.